The highest BCUT2D eigenvalue weighted by Gasteiger charge is 1.97. The fourth-order valence-electron chi connectivity index (χ4n) is 1.24. The lowest BCUT2D eigenvalue weighted by Crippen LogP contribution is -1.84. The van der Waals surface area contributed by atoms with Crippen molar-refractivity contribution in [3.8, 4) is 0 Å². The number of aryl methyl sites for hydroxylation is 2. The summed E-state index contributed by atoms with van der Waals surface area (Å²) in [6.45, 7) is 10.3. The van der Waals surface area contributed by atoms with Gasteiger partial charge >= 0.3 is 0 Å². The number of hydrogen-bond acceptors (Lipinski definition) is 0. The van der Waals surface area contributed by atoms with E-state index in [0.29, 0.717) is 0 Å². The Labute approximate surface area is 80.6 Å². The molecule has 0 aliphatic carbocycles. The van der Waals surface area contributed by atoms with Gasteiger partial charge in [0.25, 0.3) is 0 Å². The van der Waals surface area contributed by atoms with Crippen LogP contribution < -0.4 is 0 Å². The maximum atomic E-state index is 4.00. The van der Waals surface area contributed by atoms with E-state index in [1.165, 1.54) is 16.7 Å². The molecule has 0 saturated carbocycles. The van der Waals surface area contributed by atoms with E-state index in [-0.39, 0.29) is 0 Å². The average molecular weight is 172 g/mol. The highest BCUT2D eigenvalue weighted by molar-refractivity contribution is 5.72. The van der Waals surface area contributed by atoms with E-state index in [9.17, 15) is 0 Å². The largest absolute Gasteiger partial charge is 0.0912 e. The Kier molecular flexibility index (Phi) is 3.07. The van der Waals surface area contributed by atoms with Crippen molar-refractivity contribution in [1.29, 1.82) is 0 Å². The van der Waals surface area contributed by atoms with Crippen LogP contribution in [0.1, 0.15) is 23.6 Å². The van der Waals surface area contributed by atoms with Gasteiger partial charge in [-0.2, -0.15) is 0 Å². The zero-order valence-corrected chi connectivity index (χ0v) is 8.59. The second-order valence-corrected chi connectivity index (χ2v) is 3.32. The smallest absolute Gasteiger partial charge is 0.0187 e. The maximum Gasteiger partial charge on any atom is -0.0187 e. The third-order valence-corrected chi connectivity index (χ3v) is 2.25. The first-order valence-electron chi connectivity index (χ1n) is 4.54. The Bertz CT molecular complexity index is 343. The molecule has 0 spiro atoms. The Hall–Kier alpha value is -1.30. The molecule has 0 radical (unpaired) electrons. The van der Waals surface area contributed by atoms with Crippen molar-refractivity contribution in [1.82, 2.24) is 0 Å². The van der Waals surface area contributed by atoms with Gasteiger partial charge in [-0.15, -0.1) is 0 Å². The van der Waals surface area contributed by atoms with Crippen LogP contribution in [0.2, 0.25) is 0 Å². The first-order chi connectivity index (χ1) is 6.15. The van der Waals surface area contributed by atoms with E-state index in [1.54, 1.807) is 0 Å². The second kappa shape index (κ2) is 4.08. The van der Waals surface area contributed by atoms with Gasteiger partial charge in [-0.3, -0.25) is 0 Å². The van der Waals surface area contributed by atoms with E-state index in [0.717, 1.165) is 5.57 Å². The molecule has 0 unspecified atom stereocenters. The van der Waals surface area contributed by atoms with Crippen molar-refractivity contribution in [3.05, 3.63) is 53.6 Å². The summed E-state index contributed by atoms with van der Waals surface area (Å²) in [5.74, 6) is 0. The van der Waals surface area contributed by atoms with Gasteiger partial charge in [0, 0.05) is 0 Å². The fraction of sp³-hybridized carbons (Fsp3) is 0.231. The normalized spacial score (nSPS) is 10.7. The summed E-state index contributed by atoms with van der Waals surface area (Å²) in [5, 5.41) is 0. The SMILES string of the molecule is C=C(/C=C/C)c1ccc(C)c(C)c1. The standard InChI is InChI=1S/C13H16/c1-5-6-11(3)13-8-7-10(2)12(4)9-13/h5-9H,3H2,1-2,4H3/b6-5+. The second-order valence-electron chi connectivity index (χ2n) is 3.32. The minimum Gasteiger partial charge on any atom is -0.0912 e. The first-order valence-corrected chi connectivity index (χ1v) is 4.54. The topological polar surface area (TPSA) is 0 Å². The maximum absolute atomic E-state index is 4.00. The zero-order valence-electron chi connectivity index (χ0n) is 8.59. The highest BCUT2D eigenvalue weighted by atomic mass is 14.0. The van der Waals surface area contributed by atoms with Gasteiger partial charge in [0.15, 0.2) is 0 Å². The van der Waals surface area contributed by atoms with Crippen LogP contribution in [0.3, 0.4) is 0 Å². The molecule has 0 atom stereocenters. The molecule has 0 N–H and O–H groups in total. The average Bonchev–Trinajstić information content (AvgIpc) is 2.10. The third kappa shape index (κ3) is 2.32. The minimum absolute atomic E-state index is 1.07. The van der Waals surface area contributed by atoms with E-state index >= 15 is 0 Å². The van der Waals surface area contributed by atoms with Crippen LogP contribution in [-0.4, -0.2) is 0 Å². The summed E-state index contributed by atoms with van der Waals surface area (Å²) in [5.41, 5.74) is 4.94. The first kappa shape index (κ1) is 9.79. The van der Waals surface area contributed by atoms with Gasteiger partial charge in [0.1, 0.15) is 0 Å². The van der Waals surface area contributed by atoms with Crippen molar-refractivity contribution in [2.24, 2.45) is 0 Å². The lowest BCUT2D eigenvalue weighted by molar-refractivity contribution is 1.33. The van der Waals surface area contributed by atoms with Crippen molar-refractivity contribution in [2.75, 3.05) is 0 Å². The van der Waals surface area contributed by atoms with E-state index in [2.05, 4.69) is 38.6 Å². The molecule has 0 heteroatoms. The van der Waals surface area contributed by atoms with Crippen LogP contribution in [0.15, 0.2) is 36.9 Å². The predicted molar refractivity (Wildman–Crippen MR) is 59.8 cm³/mol. The summed E-state index contributed by atoms with van der Waals surface area (Å²) < 4.78 is 0. The molecule has 0 heterocycles. The van der Waals surface area contributed by atoms with Crippen LogP contribution in [-0.2, 0) is 0 Å². The Balaban J connectivity index is 3.04. The summed E-state index contributed by atoms with van der Waals surface area (Å²) in [7, 11) is 0. The van der Waals surface area contributed by atoms with E-state index in [4.69, 9.17) is 0 Å². The molecule has 0 bridgehead atoms. The predicted octanol–water partition coefficient (Wildman–Crippen LogP) is 3.89. The molecule has 1 aromatic carbocycles. The highest BCUT2D eigenvalue weighted by Crippen LogP contribution is 2.17. The van der Waals surface area contributed by atoms with Gasteiger partial charge in [0.05, 0.1) is 0 Å². The van der Waals surface area contributed by atoms with Crippen LogP contribution in [0, 0.1) is 13.8 Å². The van der Waals surface area contributed by atoms with Crippen molar-refractivity contribution in [2.45, 2.75) is 20.8 Å². The molecule has 0 nitrogen and oxygen atoms in total. The molecule has 1 rings (SSSR count). The van der Waals surface area contributed by atoms with Crippen LogP contribution in [0.4, 0.5) is 0 Å². The van der Waals surface area contributed by atoms with Gasteiger partial charge < -0.3 is 0 Å². The number of benzene rings is 1. The van der Waals surface area contributed by atoms with Crippen LogP contribution in [0.5, 0.6) is 0 Å². The summed E-state index contributed by atoms with van der Waals surface area (Å²) in [4.78, 5) is 0. The Morgan fingerprint density at radius 1 is 1.23 bits per heavy atom. The summed E-state index contributed by atoms with van der Waals surface area (Å²) in [6, 6.07) is 6.43. The molecule has 0 saturated heterocycles. The van der Waals surface area contributed by atoms with E-state index < -0.39 is 0 Å². The quantitative estimate of drug-likeness (QED) is 0.594. The van der Waals surface area contributed by atoms with Gasteiger partial charge in [-0.1, -0.05) is 36.9 Å². The Morgan fingerprint density at radius 2 is 1.92 bits per heavy atom. The summed E-state index contributed by atoms with van der Waals surface area (Å²) >= 11 is 0. The van der Waals surface area contributed by atoms with Crippen molar-refractivity contribution >= 4 is 5.57 Å². The molecule has 0 amide bonds. The number of hydrogen-bond donors (Lipinski definition) is 0. The molecular weight excluding hydrogens is 156 g/mol. The van der Waals surface area contributed by atoms with Crippen LogP contribution in [0.25, 0.3) is 5.57 Å². The lowest BCUT2D eigenvalue weighted by atomic mass is 10.0. The fourth-order valence-corrected chi connectivity index (χ4v) is 1.24. The monoisotopic (exact) mass is 172 g/mol. The number of allylic oxidation sites excluding steroid dienone is 3. The van der Waals surface area contributed by atoms with Crippen molar-refractivity contribution in [3.63, 3.8) is 0 Å². The molecule has 0 fully saturated rings. The van der Waals surface area contributed by atoms with Crippen molar-refractivity contribution < 1.29 is 0 Å². The van der Waals surface area contributed by atoms with E-state index in [1.807, 2.05) is 19.1 Å². The molecule has 0 aromatic heterocycles. The molecule has 13 heavy (non-hydrogen) atoms. The molecule has 68 valence electrons. The summed E-state index contributed by atoms with van der Waals surface area (Å²) in [6.07, 6.45) is 4.04. The molecule has 1 aromatic rings. The molecular formula is C13H16. The Morgan fingerprint density at radius 3 is 2.46 bits per heavy atom. The molecule has 0 aliphatic heterocycles. The van der Waals surface area contributed by atoms with Crippen LogP contribution >= 0.6 is 0 Å². The number of rotatable bonds is 2. The zero-order chi connectivity index (χ0) is 9.84. The van der Waals surface area contributed by atoms with Gasteiger partial charge in [0.2, 0.25) is 0 Å². The van der Waals surface area contributed by atoms with Gasteiger partial charge in [-0.05, 0) is 43.0 Å². The molecule has 0 aliphatic rings. The van der Waals surface area contributed by atoms with Gasteiger partial charge in [-0.25, -0.2) is 0 Å². The third-order valence-electron chi connectivity index (χ3n) is 2.25. The lowest BCUT2D eigenvalue weighted by Gasteiger charge is -2.04. The minimum atomic E-state index is 1.07.